The van der Waals surface area contributed by atoms with E-state index in [4.69, 9.17) is 21.4 Å². The Morgan fingerprint density at radius 2 is 2.06 bits per heavy atom. The van der Waals surface area contributed by atoms with Crippen LogP contribution in [0, 0.1) is 5.82 Å². The summed E-state index contributed by atoms with van der Waals surface area (Å²) in [5.74, 6) is -0.588. The molecular formula is C26H24BrClFN3O3. The molecule has 3 heterocycles. The molecule has 3 aromatic rings. The topological polar surface area (TPSA) is 75.5 Å². The van der Waals surface area contributed by atoms with E-state index in [1.165, 1.54) is 12.1 Å². The number of nitrogens with zero attached hydrogens (tertiary/aromatic N) is 3. The lowest BCUT2D eigenvalue weighted by molar-refractivity contribution is -0.131. The Kier molecular flexibility index (Phi) is 8.49. The van der Waals surface area contributed by atoms with Gasteiger partial charge in [0.05, 0.1) is 5.69 Å². The molecule has 182 valence electrons. The summed E-state index contributed by atoms with van der Waals surface area (Å²) in [6, 6.07) is 12.1. The number of piperidine rings is 1. The zero-order valence-electron chi connectivity index (χ0n) is 18.8. The summed E-state index contributed by atoms with van der Waals surface area (Å²) in [7, 11) is 0. The maximum Gasteiger partial charge on any atom is 0.328 e. The number of pyridine rings is 2. The van der Waals surface area contributed by atoms with Crippen LogP contribution < -0.4 is 4.74 Å². The summed E-state index contributed by atoms with van der Waals surface area (Å²) < 4.78 is 20.6. The van der Waals surface area contributed by atoms with Crippen molar-refractivity contribution >= 4 is 39.6 Å². The third-order valence-corrected chi connectivity index (χ3v) is 6.79. The first-order chi connectivity index (χ1) is 16.9. The molecule has 1 N–H and O–H groups in total. The first-order valence-corrected chi connectivity index (χ1v) is 12.4. The van der Waals surface area contributed by atoms with Gasteiger partial charge >= 0.3 is 5.97 Å². The number of ether oxygens (including phenoxy) is 1. The largest absolute Gasteiger partial charge is 0.478 e. The van der Waals surface area contributed by atoms with Crippen LogP contribution in [0.1, 0.15) is 41.3 Å². The number of rotatable bonds is 8. The molecule has 0 unspecified atom stereocenters. The fourth-order valence-electron chi connectivity index (χ4n) is 3.98. The predicted octanol–water partition coefficient (Wildman–Crippen LogP) is 6.09. The second kappa shape index (κ2) is 11.7. The zero-order chi connectivity index (χ0) is 24.8. The van der Waals surface area contributed by atoms with Crippen molar-refractivity contribution in [3.8, 4) is 5.88 Å². The Morgan fingerprint density at radius 3 is 2.77 bits per heavy atom. The molecule has 0 spiro atoms. The first-order valence-electron chi connectivity index (χ1n) is 11.2. The van der Waals surface area contributed by atoms with Crippen LogP contribution in [0.2, 0.25) is 5.02 Å². The maximum atomic E-state index is 14.0. The molecule has 2 aromatic heterocycles. The van der Waals surface area contributed by atoms with Crippen molar-refractivity contribution in [2.45, 2.75) is 31.9 Å². The SMILES string of the molecule is O=C(O)/C=C/c1cnc(CN2CCC(c3cccc(OCc4ccc(Cl)cc4F)n3)CC2)c(Br)c1. The number of hydrogen-bond acceptors (Lipinski definition) is 5. The molecule has 0 atom stereocenters. The van der Waals surface area contributed by atoms with E-state index in [1.54, 1.807) is 24.4 Å². The van der Waals surface area contributed by atoms with Crippen LogP contribution in [-0.2, 0) is 17.9 Å². The summed E-state index contributed by atoms with van der Waals surface area (Å²) in [5, 5.41) is 9.12. The predicted molar refractivity (Wildman–Crippen MR) is 136 cm³/mol. The first kappa shape index (κ1) is 25.3. The quantitative estimate of drug-likeness (QED) is 0.336. The van der Waals surface area contributed by atoms with Gasteiger partial charge in [0.25, 0.3) is 0 Å². The van der Waals surface area contributed by atoms with E-state index in [2.05, 4.69) is 30.8 Å². The van der Waals surface area contributed by atoms with Gasteiger partial charge in [0, 0.05) is 51.6 Å². The summed E-state index contributed by atoms with van der Waals surface area (Å²) in [4.78, 5) is 22.2. The Balaban J connectivity index is 1.31. The minimum absolute atomic E-state index is 0.0880. The monoisotopic (exact) mass is 559 g/mol. The molecule has 6 nitrogen and oxygen atoms in total. The van der Waals surface area contributed by atoms with Gasteiger partial charge in [0.15, 0.2) is 0 Å². The second-order valence-electron chi connectivity index (χ2n) is 8.34. The van der Waals surface area contributed by atoms with Gasteiger partial charge in [0.1, 0.15) is 12.4 Å². The number of aliphatic carboxylic acids is 1. The van der Waals surface area contributed by atoms with Gasteiger partial charge in [-0.1, -0.05) is 23.7 Å². The van der Waals surface area contributed by atoms with Crippen molar-refractivity contribution in [2.75, 3.05) is 13.1 Å². The van der Waals surface area contributed by atoms with Gasteiger partial charge in [-0.05, 0) is 77.8 Å². The van der Waals surface area contributed by atoms with Gasteiger partial charge in [-0.3, -0.25) is 9.88 Å². The van der Waals surface area contributed by atoms with Gasteiger partial charge in [-0.2, -0.15) is 0 Å². The smallest absolute Gasteiger partial charge is 0.328 e. The summed E-state index contributed by atoms with van der Waals surface area (Å²) >= 11 is 9.36. The lowest BCUT2D eigenvalue weighted by Gasteiger charge is -2.31. The molecule has 9 heteroatoms. The maximum absolute atomic E-state index is 14.0. The molecule has 1 aromatic carbocycles. The van der Waals surface area contributed by atoms with Crippen molar-refractivity contribution in [3.05, 3.63) is 92.6 Å². The average molecular weight is 561 g/mol. The molecule has 0 bridgehead atoms. The van der Waals surface area contributed by atoms with Crippen LogP contribution in [0.25, 0.3) is 6.08 Å². The van der Waals surface area contributed by atoms with Crippen molar-refractivity contribution in [1.29, 1.82) is 0 Å². The van der Waals surface area contributed by atoms with Crippen LogP contribution in [0.5, 0.6) is 5.88 Å². The lowest BCUT2D eigenvalue weighted by atomic mass is 9.93. The normalized spacial score (nSPS) is 14.9. The van der Waals surface area contributed by atoms with Crippen molar-refractivity contribution in [3.63, 3.8) is 0 Å². The zero-order valence-corrected chi connectivity index (χ0v) is 21.2. The highest BCUT2D eigenvalue weighted by molar-refractivity contribution is 9.10. The van der Waals surface area contributed by atoms with Crippen LogP contribution >= 0.6 is 27.5 Å². The van der Waals surface area contributed by atoms with Crippen molar-refractivity contribution < 1.29 is 19.0 Å². The van der Waals surface area contributed by atoms with Crippen LogP contribution in [0.3, 0.4) is 0 Å². The van der Waals surface area contributed by atoms with E-state index in [9.17, 15) is 9.18 Å². The fourth-order valence-corrected chi connectivity index (χ4v) is 4.63. The van der Waals surface area contributed by atoms with E-state index in [-0.39, 0.29) is 6.61 Å². The van der Waals surface area contributed by atoms with Gasteiger partial charge in [-0.25, -0.2) is 14.2 Å². The summed E-state index contributed by atoms with van der Waals surface area (Å²) in [6.45, 7) is 2.61. The number of carbonyl (C=O) groups is 1. The van der Waals surface area contributed by atoms with E-state index in [0.29, 0.717) is 28.9 Å². The van der Waals surface area contributed by atoms with E-state index >= 15 is 0 Å². The van der Waals surface area contributed by atoms with Crippen molar-refractivity contribution in [2.24, 2.45) is 0 Å². The van der Waals surface area contributed by atoms with Gasteiger partial charge in [0.2, 0.25) is 5.88 Å². The Hall–Kier alpha value is -2.81. The molecular weight excluding hydrogens is 537 g/mol. The second-order valence-corrected chi connectivity index (χ2v) is 9.64. The lowest BCUT2D eigenvalue weighted by Crippen LogP contribution is -2.33. The number of carboxylic acids is 1. The third-order valence-electron chi connectivity index (χ3n) is 5.87. The molecule has 0 amide bonds. The minimum Gasteiger partial charge on any atom is -0.478 e. The molecule has 0 saturated carbocycles. The fraction of sp³-hybridized carbons (Fsp3) is 0.269. The van der Waals surface area contributed by atoms with Gasteiger partial charge < -0.3 is 9.84 Å². The average Bonchev–Trinajstić information content (AvgIpc) is 2.84. The number of halogens is 3. The number of carboxylic acid groups (broad SMARTS) is 1. The molecule has 4 rings (SSSR count). The number of aromatic nitrogens is 2. The number of hydrogen-bond donors (Lipinski definition) is 1. The molecule has 1 saturated heterocycles. The Morgan fingerprint density at radius 1 is 1.26 bits per heavy atom. The van der Waals surface area contributed by atoms with E-state index in [1.807, 2.05) is 18.2 Å². The number of benzene rings is 1. The minimum atomic E-state index is -0.991. The van der Waals surface area contributed by atoms with Crippen molar-refractivity contribution in [1.82, 2.24) is 14.9 Å². The highest BCUT2D eigenvalue weighted by Gasteiger charge is 2.23. The molecule has 0 aliphatic carbocycles. The summed E-state index contributed by atoms with van der Waals surface area (Å²) in [5.41, 5.74) is 3.06. The standard InChI is InChI=1S/C26H24BrClFN3O3/c27-21-12-17(4-7-26(33)34)14-30-24(21)15-32-10-8-18(9-11-32)23-2-1-3-25(31-23)35-16-19-5-6-20(28)13-22(19)29/h1-7,12-14,18H,8-11,15-16H2,(H,33,34)/b7-4+. The van der Waals surface area contributed by atoms with Crippen LogP contribution in [0.4, 0.5) is 4.39 Å². The Bertz CT molecular complexity index is 1230. The Labute approximate surface area is 216 Å². The molecule has 1 aliphatic heterocycles. The third kappa shape index (κ3) is 7.10. The highest BCUT2D eigenvalue weighted by Crippen LogP contribution is 2.29. The van der Waals surface area contributed by atoms with Gasteiger partial charge in [-0.15, -0.1) is 0 Å². The highest BCUT2D eigenvalue weighted by atomic mass is 79.9. The van der Waals surface area contributed by atoms with E-state index < -0.39 is 11.8 Å². The summed E-state index contributed by atoms with van der Waals surface area (Å²) in [6.07, 6.45) is 6.21. The molecule has 1 fully saturated rings. The molecule has 35 heavy (non-hydrogen) atoms. The number of likely N-dealkylation sites (tertiary alicyclic amines) is 1. The van der Waals surface area contributed by atoms with Crippen LogP contribution in [0.15, 0.2) is 59.2 Å². The molecule has 1 aliphatic rings. The van der Waals surface area contributed by atoms with Crippen LogP contribution in [-0.4, -0.2) is 39.0 Å². The van der Waals surface area contributed by atoms with E-state index in [0.717, 1.165) is 53.4 Å². The molecule has 0 radical (unpaired) electrons.